The van der Waals surface area contributed by atoms with Gasteiger partial charge < -0.3 is 15.6 Å². The number of rotatable bonds is 5. The number of nitrogens with zero attached hydrogens (tertiary/aromatic N) is 4. The van der Waals surface area contributed by atoms with Crippen LogP contribution in [0.1, 0.15) is 23.9 Å². The Balaban J connectivity index is 1.62. The lowest BCUT2D eigenvalue weighted by Crippen LogP contribution is -2.48. The van der Waals surface area contributed by atoms with Gasteiger partial charge in [-0.3, -0.25) is 9.69 Å². The summed E-state index contributed by atoms with van der Waals surface area (Å²) in [5, 5.41) is 8.81. The average Bonchev–Trinajstić information content (AvgIpc) is 2.68. The summed E-state index contributed by atoms with van der Waals surface area (Å²) in [7, 11) is 0. The van der Waals surface area contributed by atoms with Gasteiger partial charge in [0.25, 0.3) is 5.56 Å². The first kappa shape index (κ1) is 20.5. The van der Waals surface area contributed by atoms with E-state index in [1.54, 1.807) is 17.0 Å². The van der Waals surface area contributed by atoms with Gasteiger partial charge in [0.05, 0.1) is 11.6 Å². The van der Waals surface area contributed by atoms with E-state index in [0.29, 0.717) is 56.2 Å². The molecular weight excluding hydrogens is 378 g/mol. The highest BCUT2D eigenvalue weighted by molar-refractivity contribution is 5.53. The molecule has 0 atom stereocenters. The summed E-state index contributed by atoms with van der Waals surface area (Å²) in [5.74, 6) is -1.08. The second-order valence-electron chi connectivity index (χ2n) is 6.86. The Bertz CT molecular complexity index is 995. The number of nitriles is 1. The molecule has 0 radical (unpaired) electrons. The van der Waals surface area contributed by atoms with Crippen molar-refractivity contribution in [3.63, 3.8) is 0 Å². The van der Waals surface area contributed by atoms with E-state index in [1.165, 1.54) is 6.20 Å². The third kappa shape index (κ3) is 4.78. The number of aryl methyl sites for hydroxylation is 1. The van der Waals surface area contributed by atoms with Crippen LogP contribution < -0.4 is 16.2 Å². The van der Waals surface area contributed by atoms with Crippen LogP contribution >= 0.6 is 0 Å². The Morgan fingerprint density at radius 1 is 1.31 bits per heavy atom. The van der Waals surface area contributed by atoms with Gasteiger partial charge in [0.15, 0.2) is 11.6 Å². The molecule has 152 valence electrons. The van der Waals surface area contributed by atoms with E-state index >= 15 is 0 Å². The van der Waals surface area contributed by atoms with Crippen molar-refractivity contribution in [3.05, 3.63) is 63.0 Å². The van der Waals surface area contributed by atoms with Gasteiger partial charge in [-0.1, -0.05) is 6.92 Å². The van der Waals surface area contributed by atoms with E-state index in [9.17, 15) is 13.6 Å². The Labute approximate surface area is 167 Å². The highest BCUT2D eigenvalue weighted by Crippen LogP contribution is 2.26. The van der Waals surface area contributed by atoms with Gasteiger partial charge in [-0.15, -0.1) is 0 Å². The van der Waals surface area contributed by atoms with Crippen molar-refractivity contribution in [2.45, 2.75) is 13.3 Å². The molecule has 1 aliphatic heterocycles. The quantitative estimate of drug-likeness (QED) is 0.791. The number of benzene rings is 1. The van der Waals surface area contributed by atoms with Crippen LogP contribution in [0.5, 0.6) is 0 Å². The maximum atomic E-state index is 14.2. The van der Waals surface area contributed by atoms with Crippen LogP contribution in [-0.2, 0) is 6.42 Å². The molecule has 0 bridgehead atoms. The number of piperazine rings is 1. The van der Waals surface area contributed by atoms with E-state index in [-0.39, 0.29) is 16.8 Å². The largest absolute Gasteiger partial charge is 0.401 e. The lowest BCUT2D eigenvalue weighted by atomic mass is 10.1. The third-order valence-electron chi connectivity index (χ3n) is 4.84. The molecule has 2 aromatic rings. The first-order valence-corrected chi connectivity index (χ1v) is 9.32. The number of hydrogen-bond acceptors (Lipinski definition) is 6. The highest BCUT2D eigenvalue weighted by atomic mass is 19.1. The van der Waals surface area contributed by atoms with Crippen LogP contribution in [0.2, 0.25) is 0 Å². The van der Waals surface area contributed by atoms with Gasteiger partial charge in [0, 0.05) is 56.3 Å². The summed E-state index contributed by atoms with van der Waals surface area (Å²) in [5.41, 5.74) is 6.89. The minimum absolute atomic E-state index is 0.0427. The Morgan fingerprint density at radius 3 is 2.52 bits per heavy atom. The third-order valence-corrected chi connectivity index (χ3v) is 4.84. The molecule has 1 aliphatic rings. The fourth-order valence-electron chi connectivity index (χ4n) is 3.30. The van der Waals surface area contributed by atoms with Gasteiger partial charge in [-0.2, -0.15) is 5.26 Å². The number of anilines is 1. The van der Waals surface area contributed by atoms with Gasteiger partial charge in [0.1, 0.15) is 11.5 Å². The fraction of sp³-hybridized carbons (Fsp3) is 0.350. The molecule has 1 fully saturated rings. The lowest BCUT2D eigenvalue weighted by Gasteiger charge is -2.36. The number of nitrogens with one attached hydrogen (secondary N) is 1. The zero-order chi connectivity index (χ0) is 21.0. The SMILES string of the molecule is CCc1cnc(/C=C(\N)CN2CCN(c3c(F)cc(C#N)cc3F)CC2)[nH]c1=O. The fourth-order valence-corrected chi connectivity index (χ4v) is 3.30. The smallest absolute Gasteiger partial charge is 0.254 e. The van der Waals surface area contributed by atoms with Gasteiger partial charge in [0.2, 0.25) is 0 Å². The molecule has 1 aromatic heterocycles. The van der Waals surface area contributed by atoms with Crippen LogP contribution in [-0.4, -0.2) is 47.6 Å². The topological polar surface area (TPSA) is 102 Å². The Kier molecular flexibility index (Phi) is 6.24. The van der Waals surface area contributed by atoms with Gasteiger partial charge >= 0.3 is 0 Å². The minimum atomic E-state index is -0.736. The number of halogens is 2. The second-order valence-corrected chi connectivity index (χ2v) is 6.86. The number of aromatic amines is 1. The normalized spacial score (nSPS) is 15.4. The van der Waals surface area contributed by atoms with E-state index < -0.39 is 11.6 Å². The summed E-state index contributed by atoms with van der Waals surface area (Å²) >= 11 is 0. The molecule has 3 rings (SSSR count). The second kappa shape index (κ2) is 8.84. The van der Waals surface area contributed by atoms with Crippen LogP contribution in [0.25, 0.3) is 6.08 Å². The molecule has 9 heteroatoms. The molecule has 0 saturated carbocycles. The van der Waals surface area contributed by atoms with Crippen molar-refractivity contribution in [3.8, 4) is 6.07 Å². The molecule has 0 unspecified atom stereocenters. The van der Waals surface area contributed by atoms with Crippen LogP contribution in [0.3, 0.4) is 0 Å². The van der Waals surface area contributed by atoms with E-state index in [1.807, 2.05) is 6.92 Å². The van der Waals surface area contributed by atoms with E-state index in [0.717, 1.165) is 12.1 Å². The number of nitrogens with two attached hydrogens (primary N) is 1. The summed E-state index contributed by atoms with van der Waals surface area (Å²) in [6, 6.07) is 3.83. The molecule has 1 aromatic carbocycles. The molecule has 0 spiro atoms. The van der Waals surface area contributed by atoms with Crippen molar-refractivity contribution in [1.82, 2.24) is 14.9 Å². The molecular formula is C20H22F2N6O. The first-order chi connectivity index (χ1) is 13.9. The minimum Gasteiger partial charge on any atom is -0.401 e. The average molecular weight is 400 g/mol. The van der Waals surface area contributed by atoms with Gasteiger partial charge in [-0.25, -0.2) is 13.8 Å². The lowest BCUT2D eigenvalue weighted by molar-refractivity contribution is 0.276. The predicted molar refractivity (Wildman–Crippen MR) is 106 cm³/mol. The monoisotopic (exact) mass is 400 g/mol. The highest BCUT2D eigenvalue weighted by Gasteiger charge is 2.23. The number of H-pyrrole nitrogens is 1. The molecule has 1 saturated heterocycles. The van der Waals surface area contributed by atoms with Crippen molar-refractivity contribution >= 4 is 11.8 Å². The standard InChI is InChI=1S/C20H22F2N6O/c1-2-14-11-25-18(26-20(14)29)9-15(24)12-27-3-5-28(6-4-27)19-16(21)7-13(10-23)8-17(19)22/h7-9,11H,2-6,12,24H2,1H3,(H,25,26,29)/b15-9-. The summed E-state index contributed by atoms with van der Waals surface area (Å²) in [4.78, 5) is 22.4. The Morgan fingerprint density at radius 2 is 1.97 bits per heavy atom. The zero-order valence-electron chi connectivity index (χ0n) is 16.1. The molecule has 7 nitrogen and oxygen atoms in total. The molecule has 29 heavy (non-hydrogen) atoms. The van der Waals surface area contributed by atoms with Crippen molar-refractivity contribution in [1.29, 1.82) is 5.26 Å². The maximum absolute atomic E-state index is 14.2. The van der Waals surface area contributed by atoms with E-state index in [4.69, 9.17) is 11.0 Å². The number of hydrogen-bond donors (Lipinski definition) is 2. The summed E-state index contributed by atoms with van der Waals surface area (Å²) in [6.45, 7) is 4.30. The van der Waals surface area contributed by atoms with E-state index in [2.05, 4.69) is 14.9 Å². The number of aromatic nitrogens is 2. The maximum Gasteiger partial charge on any atom is 0.254 e. The predicted octanol–water partition coefficient (Wildman–Crippen LogP) is 1.60. The first-order valence-electron chi connectivity index (χ1n) is 9.32. The molecule has 2 heterocycles. The zero-order valence-corrected chi connectivity index (χ0v) is 16.1. The molecule has 0 aliphatic carbocycles. The van der Waals surface area contributed by atoms with Gasteiger partial charge in [-0.05, 0) is 18.6 Å². The van der Waals surface area contributed by atoms with Crippen LogP contribution in [0, 0.1) is 23.0 Å². The van der Waals surface area contributed by atoms with Crippen molar-refractivity contribution in [2.75, 3.05) is 37.6 Å². The summed E-state index contributed by atoms with van der Waals surface area (Å²) in [6.07, 6.45) is 3.76. The van der Waals surface area contributed by atoms with Crippen molar-refractivity contribution in [2.24, 2.45) is 5.73 Å². The van der Waals surface area contributed by atoms with Crippen LogP contribution in [0.4, 0.5) is 14.5 Å². The Hall–Kier alpha value is -3.25. The molecule has 0 amide bonds. The van der Waals surface area contributed by atoms with Crippen molar-refractivity contribution < 1.29 is 8.78 Å². The summed E-state index contributed by atoms with van der Waals surface area (Å²) < 4.78 is 28.4. The molecule has 3 N–H and O–H groups in total. The van der Waals surface area contributed by atoms with Crippen LogP contribution in [0.15, 0.2) is 28.8 Å².